The fourth-order valence-electron chi connectivity index (χ4n) is 2.49. The van der Waals surface area contributed by atoms with Crippen LogP contribution >= 0.6 is 24.0 Å². The van der Waals surface area contributed by atoms with Gasteiger partial charge in [-0.25, -0.2) is 0 Å². The molecule has 2 rings (SSSR count). The van der Waals surface area contributed by atoms with Gasteiger partial charge in [0.05, 0.1) is 0 Å². The van der Waals surface area contributed by atoms with Gasteiger partial charge in [0.25, 0.3) is 0 Å². The smallest absolute Gasteiger partial charge is 0.248 e. The van der Waals surface area contributed by atoms with Crippen LogP contribution < -0.4 is 16.4 Å². The Kier molecular flexibility index (Phi) is 8.57. The Hall–Kier alpha value is -2.09. The number of nitrogens with zero attached hydrogens (tertiary/aromatic N) is 1. The quantitative estimate of drug-likeness (QED) is 0.348. The largest absolute Gasteiger partial charge is 0.366 e. The normalized spacial score (nSPS) is 11.4. The van der Waals surface area contributed by atoms with Crippen LogP contribution in [0.1, 0.15) is 35.3 Å². The number of rotatable bonds is 6. The molecule has 0 aliphatic rings. The van der Waals surface area contributed by atoms with Gasteiger partial charge in [0, 0.05) is 31.1 Å². The molecule has 6 heteroatoms. The summed E-state index contributed by atoms with van der Waals surface area (Å²) in [6, 6.07) is 17.6. The number of primary amides is 1. The number of guanidine groups is 1. The van der Waals surface area contributed by atoms with Gasteiger partial charge in [-0.1, -0.05) is 56.3 Å². The molecule has 0 atom stereocenters. The molecular formula is C20H27IN4O. The number of amides is 1. The van der Waals surface area contributed by atoms with Crippen molar-refractivity contribution in [2.45, 2.75) is 25.8 Å². The number of benzene rings is 2. The van der Waals surface area contributed by atoms with Gasteiger partial charge in [0.2, 0.25) is 5.91 Å². The van der Waals surface area contributed by atoms with E-state index in [2.05, 4.69) is 53.7 Å². The number of hydrogen-bond donors (Lipinski definition) is 3. The van der Waals surface area contributed by atoms with Crippen LogP contribution in [0.3, 0.4) is 0 Å². The van der Waals surface area contributed by atoms with Crippen LogP contribution in [0.4, 0.5) is 0 Å². The molecule has 140 valence electrons. The van der Waals surface area contributed by atoms with Gasteiger partial charge in [-0.05, 0) is 23.3 Å². The third kappa shape index (κ3) is 6.33. The van der Waals surface area contributed by atoms with Gasteiger partial charge in [-0.3, -0.25) is 9.79 Å². The summed E-state index contributed by atoms with van der Waals surface area (Å²) in [5.74, 6) is 0.322. The molecule has 0 bridgehead atoms. The first-order valence-corrected chi connectivity index (χ1v) is 8.31. The molecule has 1 amide bonds. The Balaban J connectivity index is 0.00000338. The van der Waals surface area contributed by atoms with Crippen LogP contribution in [-0.4, -0.2) is 25.5 Å². The Morgan fingerprint density at radius 2 is 1.65 bits per heavy atom. The highest BCUT2D eigenvalue weighted by molar-refractivity contribution is 14.0. The van der Waals surface area contributed by atoms with E-state index < -0.39 is 5.91 Å². The zero-order valence-corrected chi connectivity index (χ0v) is 17.8. The van der Waals surface area contributed by atoms with E-state index in [-0.39, 0.29) is 29.4 Å². The summed E-state index contributed by atoms with van der Waals surface area (Å²) in [6.45, 7) is 5.78. The molecule has 0 unspecified atom stereocenters. The van der Waals surface area contributed by atoms with Crippen molar-refractivity contribution in [1.29, 1.82) is 0 Å². The van der Waals surface area contributed by atoms with E-state index in [4.69, 9.17) is 5.73 Å². The maximum absolute atomic E-state index is 11.1. The second kappa shape index (κ2) is 10.2. The maximum Gasteiger partial charge on any atom is 0.248 e. The van der Waals surface area contributed by atoms with Crippen molar-refractivity contribution in [1.82, 2.24) is 10.6 Å². The third-order valence-electron chi connectivity index (χ3n) is 4.18. The minimum absolute atomic E-state index is 0. The van der Waals surface area contributed by atoms with Crippen molar-refractivity contribution < 1.29 is 4.79 Å². The van der Waals surface area contributed by atoms with Crippen molar-refractivity contribution in [3.63, 3.8) is 0 Å². The molecule has 5 nitrogen and oxygen atoms in total. The van der Waals surface area contributed by atoms with Crippen LogP contribution in [0.2, 0.25) is 0 Å². The molecule has 0 heterocycles. The molecule has 0 spiro atoms. The molecule has 0 aromatic heterocycles. The lowest BCUT2D eigenvalue weighted by molar-refractivity contribution is 0.100. The number of aliphatic imine (C=N–C) groups is 1. The van der Waals surface area contributed by atoms with E-state index >= 15 is 0 Å². The zero-order valence-electron chi connectivity index (χ0n) is 15.5. The second-order valence-electron chi connectivity index (χ2n) is 6.59. The SMILES string of the molecule is CN=C(NCc1ccc(C(N)=O)cc1)NCC(C)(C)c1ccccc1.I. The van der Waals surface area contributed by atoms with E-state index in [1.165, 1.54) is 5.56 Å². The van der Waals surface area contributed by atoms with Gasteiger partial charge in [0.15, 0.2) is 5.96 Å². The average molecular weight is 466 g/mol. The average Bonchev–Trinajstić information content (AvgIpc) is 2.63. The molecule has 2 aromatic rings. The second-order valence-corrected chi connectivity index (χ2v) is 6.59. The molecule has 4 N–H and O–H groups in total. The summed E-state index contributed by atoms with van der Waals surface area (Å²) in [5.41, 5.74) is 8.08. The van der Waals surface area contributed by atoms with Gasteiger partial charge >= 0.3 is 0 Å². The maximum atomic E-state index is 11.1. The highest BCUT2D eigenvalue weighted by Gasteiger charge is 2.20. The summed E-state index contributed by atoms with van der Waals surface area (Å²) < 4.78 is 0. The fraction of sp³-hybridized carbons (Fsp3) is 0.300. The molecule has 0 aliphatic carbocycles. The summed E-state index contributed by atoms with van der Waals surface area (Å²) >= 11 is 0. The number of carbonyl (C=O) groups excluding carboxylic acids is 1. The number of hydrogen-bond acceptors (Lipinski definition) is 2. The van der Waals surface area contributed by atoms with Crippen LogP contribution in [0.25, 0.3) is 0 Å². The Labute approximate surface area is 172 Å². The first-order chi connectivity index (χ1) is 11.9. The fourth-order valence-corrected chi connectivity index (χ4v) is 2.49. The molecular weight excluding hydrogens is 439 g/mol. The van der Waals surface area contributed by atoms with Crippen molar-refractivity contribution in [2.24, 2.45) is 10.7 Å². The predicted octanol–water partition coefficient (Wildman–Crippen LogP) is 3.05. The standard InChI is InChI=1S/C20H26N4O.HI/c1-20(2,17-7-5-4-6-8-17)14-24-19(22-3)23-13-15-9-11-16(12-10-15)18(21)25;/h4-12H,13-14H2,1-3H3,(H2,21,25)(H2,22,23,24);1H. The molecule has 0 fully saturated rings. The van der Waals surface area contributed by atoms with Gasteiger partial charge < -0.3 is 16.4 Å². The lowest BCUT2D eigenvalue weighted by Gasteiger charge is -2.26. The Bertz CT molecular complexity index is 727. The van der Waals surface area contributed by atoms with E-state index in [1.807, 2.05) is 18.2 Å². The lowest BCUT2D eigenvalue weighted by atomic mass is 9.85. The first kappa shape index (κ1) is 22.0. The van der Waals surface area contributed by atoms with E-state index in [0.717, 1.165) is 18.1 Å². The summed E-state index contributed by atoms with van der Waals surface area (Å²) in [4.78, 5) is 15.4. The molecule has 0 radical (unpaired) electrons. The van der Waals surface area contributed by atoms with Gasteiger partial charge in [-0.2, -0.15) is 0 Å². The molecule has 26 heavy (non-hydrogen) atoms. The number of carbonyl (C=O) groups is 1. The van der Waals surface area contributed by atoms with Crippen LogP contribution in [0.15, 0.2) is 59.6 Å². The first-order valence-electron chi connectivity index (χ1n) is 8.31. The number of nitrogens with two attached hydrogens (primary N) is 1. The van der Waals surface area contributed by atoms with Crippen molar-refractivity contribution in [3.8, 4) is 0 Å². The molecule has 0 aliphatic heterocycles. The van der Waals surface area contributed by atoms with Crippen molar-refractivity contribution >= 4 is 35.8 Å². The summed E-state index contributed by atoms with van der Waals surface area (Å²) in [6.07, 6.45) is 0. The predicted molar refractivity (Wildman–Crippen MR) is 118 cm³/mol. The van der Waals surface area contributed by atoms with Crippen molar-refractivity contribution in [2.75, 3.05) is 13.6 Å². The Morgan fingerprint density at radius 1 is 1.04 bits per heavy atom. The highest BCUT2D eigenvalue weighted by Crippen LogP contribution is 2.21. The van der Waals surface area contributed by atoms with Gasteiger partial charge in [0.1, 0.15) is 0 Å². The Morgan fingerprint density at radius 3 is 2.19 bits per heavy atom. The number of nitrogens with one attached hydrogen (secondary N) is 2. The van der Waals surface area contributed by atoms with Crippen LogP contribution in [0.5, 0.6) is 0 Å². The van der Waals surface area contributed by atoms with E-state index in [0.29, 0.717) is 12.1 Å². The number of halogens is 1. The van der Waals surface area contributed by atoms with E-state index in [9.17, 15) is 4.79 Å². The van der Waals surface area contributed by atoms with Crippen LogP contribution in [-0.2, 0) is 12.0 Å². The minimum atomic E-state index is -0.417. The third-order valence-corrected chi connectivity index (χ3v) is 4.18. The summed E-state index contributed by atoms with van der Waals surface area (Å²) in [7, 11) is 1.75. The highest BCUT2D eigenvalue weighted by atomic mass is 127. The zero-order chi connectivity index (χ0) is 18.3. The minimum Gasteiger partial charge on any atom is -0.366 e. The molecule has 2 aromatic carbocycles. The topological polar surface area (TPSA) is 79.5 Å². The molecule has 0 saturated heterocycles. The van der Waals surface area contributed by atoms with E-state index in [1.54, 1.807) is 19.2 Å². The summed E-state index contributed by atoms with van der Waals surface area (Å²) in [5, 5.41) is 6.65. The monoisotopic (exact) mass is 466 g/mol. The van der Waals surface area contributed by atoms with Crippen molar-refractivity contribution in [3.05, 3.63) is 71.3 Å². The van der Waals surface area contributed by atoms with Crippen LogP contribution in [0, 0.1) is 0 Å². The van der Waals surface area contributed by atoms with Gasteiger partial charge in [-0.15, -0.1) is 24.0 Å². The lowest BCUT2D eigenvalue weighted by Crippen LogP contribution is -2.43. The molecule has 0 saturated carbocycles.